The van der Waals surface area contributed by atoms with E-state index in [2.05, 4.69) is 0 Å². The lowest BCUT2D eigenvalue weighted by molar-refractivity contribution is 0.219. The van der Waals surface area contributed by atoms with Crippen LogP contribution in [0.2, 0.25) is 0 Å². The monoisotopic (exact) mass is 678 g/mol. The Kier molecular flexibility index (Phi) is 6.63. The van der Waals surface area contributed by atoms with Gasteiger partial charge in [-0.05, 0) is 99.6 Å². The zero-order valence-electron chi connectivity index (χ0n) is 26.7. The molecule has 252 valence electrons. The van der Waals surface area contributed by atoms with Gasteiger partial charge >= 0.3 is 0 Å². The maximum Gasteiger partial charge on any atom is 0.135 e. The SMILES string of the molecule is Oc1ccc(/C=C2\c3cc(O)cc4c3[C@H](c3cc(O)cc5c3[C@@H](c3cc(O)cc(O)c32)[C@H](c2ccc(O)cc2)O5)[C@@H](c2ccc(O)cc2)O4)cc1. The number of fused-ring (bicyclic) bond motifs is 3. The number of phenols is 7. The molecule has 6 aromatic rings. The van der Waals surface area contributed by atoms with Crippen molar-refractivity contribution >= 4 is 11.6 Å². The second-order valence-corrected chi connectivity index (χ2v) is 13.1. The molecule has 9 heteroatoms. The van der Waals surface area contributed by atoms with E-state index in [0.29, 0.717) is 61.6 Å². The fraction of sp³-hybridized carbons (Fsp3) is 0.0952. The molecule has 2 aliphatic heterocycles. The third-order valence-corrected chi connectivity index (χ3v) is 10.0. The van der Waals surface area contributed by atoms with Crippen LogP contribution < -0.4 is 9.47 Å². The van der Waals surface area contributed by atoms with Crippen LogP contribution in [0.1, 0.15) is 74.1 Å². The molecule has 51 heavy (non-hydrogen) atoms. The number of ether oxygens (including phenoxy) is 2. The first-order chi connectivity index (χ1) is 24.6. The summed E-state index contributed by atoms with van der Waals surface area (Å²) < 4.78 is 13.4. The normalized spacial score (nSPS) is 20.3. The highest BCUT2D eigenvalue weighted by atomic mass is 16.5. The molecule has 0 unspecified atom stereocenters. The molecule has 3 aliphatic rings. The Morgan fingerprint density at radius 1 is 0.451 bits per heavy atom. The highest BCUT2D eigenvalue weighted by Crippen LogP contribution is 2.63. The molecule has 0 aromatic heterocycles. The summed E-state index contributed by atoms with van der Waals surface area (Å²) in [4.78, 5) is 0. The smallest absolute Gasteiger partial charge is 0.135 e. The van der Waals surface area contributed by atoms with Gasteiger partial charge in [0.2, 0.25) is 0 Å². The van der Waals surface area contributed by atoms with Crippen molar-refractivity contribution in [2.75, 3.05) is 0 Å². The Morgan fingerprint density at radius 3 is 1.51 bits per heavy atom. The van der Waals surface area contributed by atoms with Crippen LogP contribution in [0.4, 0.5) is 0 Å². The third-order valence-electron chi connectivity index (χ3n) is 10.0. The van der Waals surface area contributed by atoms with Gasteiger partial charge in [-0.25, -0.2) is 0 Å². The largest absolute Gasteiger partial charge is 0.508 e. The fourth-order valence-corrected chi connectivity index (χ4v) is 7.97. The van der Waals surface area contributed by atoms with Crippen molar-refractivity contribution in [2.24, 2.45) is 0 Å². The Balaban J connectivity index is 1.44. The molecule has 0 fully saturated rings. The number of rotatable bonds is 3. The van der Waals surface area contributed by atoms with E-state index >= 15 is 0 Å². The molecule has 0 spiro atoms. The van der Waals surface area contributed by atoms with Crippen molar-refractivity contribution in [1.29, 1.82) is 0 Å². The molecular formula is C42H30O9. The van der Waals surface area contributed by atoms with Crippen LogP contribution >= 0.6 is 0 Å². The lowest BCUT2D eigenvalue weighted by Crippen LogP contribution is -2.16. The van der Waals surface area contributed by atoms with Crippen LogP contribution in [-0.2, 0) is 0 Å². The molecule has 0 radical (unpaired) electrons. The van der Waals surface area contributed by atoms with Crippen LogP contribution in [0.25, 0.3) is 11.6 Å². The number of hydrogen-bond acceptors (Lipinski definition) is 9. The fourth-order valence-electron chi connectivity index (χ4n) is 7.97. The Hall–Kier alpha value is -6.74. The van der Waals surface area contributed by atoms with Crippen LogP contribution in [-0.4, -0.2) is 35.7 Å². The summed E-state index contributed by atoms with van der Waals surface area (Å²) in [6.45, 7) is 0. The molecule has 0 bridgehead atoms. The minimum Gasteiger partial charge on any atom is -0.508 e. The first-order valence-electron chi connectivity index (χ1n) is 16.3. The second kappa shape index (κ2) is 11.1. The predicted octanol–water partition coefficient (Wildman–Crippen LogP) is 8.06. The minimum absolute atomic E-state index is 0.0508. The van der Waals surface area contributed by atoms with Gasteiger partial charge < -0.3 is 45.2 Å². The highest BCUT2D eigenvalue weighted by molar-refractivity contribution is 5.98. The van der Waals surface area contributed by atoms with Crippen LogP contribution in [0.15, 0.2) is 109 Å². The standard InChI is InChI=1S/C42H30O9/c43-23-7-1-20(2-8-23)13-29-30-14-27(47)18-34-37(30)40(42(50-34)22-5-11-25(45)12-6-22)32-16-28(48)19-35-38(32)39(31-15-26(46)17-33(49)36(29)31)41(51-35)21-3-9-24(44)10-4-21/h1-19,39-49H/b29-13+/t39-,40+,41+,42-/m1/s1. The van der Waals surface area contributed by atoms with E-state index in [0.717, 1.165) is 5.56 Å². The Labute approximate surface area is 291 Å². The summed E-state index contributed by atoms with van der Waals surface area (Å²) in [6, 6.07) is 29.1. The van der Waals surface area contributed by atoms with Gasteiger partial charge in [0.25, 0.3) is 0 Å². The first-order valence-corrected chi connectivity index (χ1v) is 16.3. The van der Waals surface area contributed by atoms with Gasteiger partial charge in [0, 0.05) is 34.9 Å². The highest BCUT2D eigenvalue weighted by Gasteiger charge is 2.48. The number of benzene rings is 6. The average Bonchev–Trinajstić information content (AvgIpc) is 3.67. The predicted molar refractivity (Wildman–Crippen MR) is 188 cm³/mol. The molecule has 0 amide bonds. The van der Waals surface area contributed by atoms with Gasteiger partial charge in [0.1, 0.15) is 64.0 Å². The maximum atomic E-state index is 11.9. The zero-order chi connectivity index (χ0) is 35.1. The van der Waals surface area contributed by atoms with Crippen LogP contribution in [0, 0.1) is 0 Å². The van der Waals surface area contributed by atoms with Crippen molar-refractivity contribution in [3.8, 4) is 51.7 Å². The summed E-state index contributed by atoms with van der Waals surface area (Å²) in [5, 5.41) is 75.9. The molecule has 2 heterocycles. The van der Waals surface area contributed by atoms with E-state index in [9.17, 15) is 35.7 Å². The van der Waals surface area contributed by atoms with Crippen molar-refractivity contribution < 1.29 is 45.2 Å². The molecule has 9 nitrogen and oxygen atoms in total. The molecule has 9 rings (SSSR count). The summed E-state index contributed by atoms with van der Waals surface area (Å²) in [6.07, 6.45) is 0.410. The Bertz CT molecular complexity index is 2400. The molecule has 1 aliphatic carbocycles. The zero-order valence-corrected chi connectivity index (χ0v) is 26.7. The van der Waals surface area contributed by atoms with Crippen LogP contribution in [0.5, 0.6) is 51.7 Å². The lowest BCUT2D eigenvalue weighted by atomic mass is 9.76. The molecule has 0 saturated carbocycles. The van der Waals surface area contributed by atoms with Crippen molar-refractivity contribution in [3.05, 3.63) is 159 Å². The molecule has 4 atom stereocenters. The third kappa shape index (κ3) is 4.85. The average molecular weight is 679 g/mol. The van der Waals surface area contributed by atoms with E-state index in [1.807, 2.05) is 6.08 Å². The van der Waals surface area contributed by atoms with Gasteiger partial charge in [-0.2, -0.15) is 0 Å². The molecular weight excluding hydrogens is 648 g/mol. The number of aromatic hydroxyl groups is 7. The molecule has 0 saturated heterocycles. The maximum absolute atomic E-state index is 11.9. The van der Waals surface area contributed by atoms with E-state index in [-0.39, 0.29) is 40.2 Å². The topological polar surface area (TPSA) is 160 Å². The summed E-state index contributed by atoms with van der Waals surface area (Å²) >= 11 is 0. The lowest BCUT2D eigenvalue weighted by Gasteiger charge is -2.26. The Morgan fingerprint density at radius 2 is 0.922 bits per heavy atom. The summed E-state index contributed by atoms with van der Waals surface area (Å²) in [7, 11) is 0. The van der Waals surface area contributed by atoms with Gasteiger partial charge in [0.15, 0.2) is 0 Å². The summed E-state index contributed by atoms with van der Waals surface area (Å²) in [5.74, 6) is -0.833. The van der Waals surface area contributed by atoms with Crippen molar-refractivity contribution in [2.45, 2.75) is 24.0 Å². The van der Waals surface area contributed by atoms with Gasteiger partial charge in [-0.15, -0.1) is 0 Å². The number of hydrogen-bond donors (Lipinski definition) is 7. The van der Waals surface area contributed by atoms with E-state index in [1.165, 1.54) is 12.1 Å². The van der Waals surface area contributed by atoms with Crippen molar-refractivity contribution in [3.63, 3.8) is 0 Å². The van der Waals surface area contributed by atoms with Gasteiger partial charge in [-0.1, -0.05) is 36.4 Å². The van der Waals surface area contributed by atoms with E-state index in [4.69, 9.17) is 9.47 Å². The summed E-state index contributed by atoms with van der Waals surface area (Å²) in [5.41, 5.74) is 6.06. The number of phenolic OH excluding ortho intramolecular Hbond substituents is 7. The van der Waals surface area contributed by atoms with E-state index in [1.54, 1.807) is 97.1 Å². The van der Waals surface area contributed by atoms with E-state index < -0.39 is 24.0 Å². The second-order valence-electron chi connectivity index (χ2n) is 13.1. The quantitative estimate of drug-likeness (QED) is 0.0982. The first kappa shape index (κ1) is 30.3. The van der Waals surface area contributed by atoms with Crippen LogP contribution in [0.3, 0.4) is 0 Å². The molecule has 6 aromatic carbocycles. The van der Waals surface area contributed by atoms with Crippen molar-refractivity contribution in [1.82, 2.24) is 0 Å². The van der Waals surface area contributed by atoms with Gasteiger partial charge in [0.05, 0.1) is 11.8 Å². The molecule has 7 N–H and O–H groups in total. The minimum atomic E-state index is -0.737. The van der Waals surface area contributed by atoms with Gasteiger partial charge in [-0.3, -0.25) is 0 Å².